The van der Waals surface area contributed by atoms with Crippen molar-refractivity contribution in [1.82, 2.24) is 0 Å². The highest BCUT2D eigenvalue weighted by molar-refractivity contribution is 7.94. The minimum atomic E-state index is -4.88. The summed E-state index contributed by atoms with van der Waals surface area (Å²) < 4.78 is 78.9. The Balaban J connectivity index is 1.96. The lowest BCUT2D eigenvalue weighted by molar-refractivity contribution is -0.434. The maximum atomic E-state index is 12.4. The van der Waals surface area contributed by atoms with Crippen molar-refractivity contribution in [3.05, 3.63) is 42.5 Å². The Morgan fingerprint density at radius 2 is 1.68 bits per heavy atom. The number of fused-ring (bicyclic) bond motifs is 1. The van der Waals surface area contributed by atoms with Crippen LogP contribution in [0.2, 0.25) is 1.41 Å². The van der Waals surface area contributed by atoms with E-state index >= 15 is 0 Å². The van der Waals surface area contributed by atoms with Crippen molar-refractivity contribution >= 4 is 72.2 Å². The second-order valence-electron chi connectivity index (χ2n) is 6.86. The zero-order valence-corrected chi connectivity index (χ0v) is 21.7. The van der Waals surface area contributed by atoms with E-state index in [1.807, 2.05) is 5.73 Å². The summed E-state index contributed by atoms with van der Waals surface area (Å²) in [5, 5.41) is 41.8. The Morgan fingerprint density at radius 1 is 0.974 bits per heavy atom. The maximum absolute atomic E-state index is 12.4. The van der Waals surface area contributed by atoms with Gasteiger partial charge in [0.1, 0.15) is 10.6 Å². The molecule has 0 atom stereocenters. The Kier molecular flexibility index (Phi) is 9.69. The first-order valence-electron chi connectivity index (χ1n) is 10.2. The zero-order chi connectivity index (χ0) is 28.6. The van der Waals surface area contributed by atoms with Gasteiger partial charge in [-0.1, -0.05) is 10.1 Å². The van der Waals surface area contributed by atoms with Crippen LogP contribution in [-0.4, -0.2) is 49.4 Å². The number of phenols is 1. The van der Waals surface area contributed by atoms with Gasteiger partial charge in [0.2, 0.25) is 0 Å². The van der Waals surface area contributed by atoms with Gasteiger partial charge in [-0.2, -0.15) is 13.5 Å². The van der Waals surface area contributed by atoms with Gasteiger partial charge in [0.25, 0.3) is 10.1 Å². The van der Waals surface area contributed by atoms with Crippen molar-refractivity contribution in [1.29, 1.82) is 0 Å². The molecule has 0 spiro atoms. The SMILES string of the molecule is [2H]Nc1ccc2c(O)c(N=Nc3ccc(S(=O)(=O)CCOSOOO)cc3)c(SOOO)cc2c1S(=O)(=O)O. The maximum Gasteiger partial charge on any atom is 0.297 e. The second-order valence-corrected chi connectivity index (χ2v) is 11.6. The van der Waals surface area contributed by atoms with Crippen LogP contribution in [0.1, 0.15) is 0 Å². The molecule has 206 valence electrons. The van der Waals surface area contributed by atoms with E-state index in [4.69, 9.17) is 16.1 Å². The van der Waals surface area contributed by atoms with Crippen LogP contribution in [-0.2, 0) is 42.9 Å². The number of aromatic hydroxyl groups is 1. The summed E-state index contributed by atoms with van der Waals surface area (Å²) in [5.41, 5.74) is 1.48. The fourth-order valence-electron chi connectivity index (χ4n) is 3.04. The Labute approximate surface area is 224 Å². The van der Waals surface area contributed by atoms with Crippen molar-refractivity contribution in [2.24, 2.45) is 10.2 Å². The van der Waals surface area contributed by atoms with Crippen LogP contribution in [0, 0.1) is 0 Å². The Morgan fingerprint density at radius 3 is 2.32 bits per heavy atom. The third-order valence-electron chi connectivity index (χ3n) is 4.60. The minimum Gasteiger partial charge on any atom is -0.505 e. The summed E-state index contributed by atoms with van der Waals surface area (Å²) in [6.45, 7) is -0.280. The van der Waals surface area contributed by atoms with Gasteiger partial charge in [0, 0.05) is 10.8 Å². The molecule has 3 aromatic carbocycles. The van der Waals surface area contributed by atoms with Crippen LogP contribution in [0.3, 0.4) is 0 Å². The van der Waals surface area contributed by atoms with Crippen molar-refractivity contribution in [2.45, 2.75) is 14.7 Å². The van der Waals surface area contributed by atoms with Crippen molar-refractivity contribution < 1.29 is 61.3 Å². The molecule has 0 aromatic heterocycles. The number of azo groups is 1. The van der Waals surface area contributed by atoms with Gasteiger partial charge in [-0.3, -0.25) is 8.74 Å². The summed E-state index contributed by atoms with van der Waals surface area (Å²) in [5.74, 6) is -1.02. The molecule has 0 aliphatic heterocycles. The number of nitrogens with zero attached hydrogens (tertiary/aromatic N) is 2. The number of nitrogen functional groups attached to an aromatic ring is 1. The molecular weight excluding hydrogens is 594 g/mol. The largest absolute Gasteiger partial charge is 0.505 e. The van der Waals surface area contributed by atoms with E-state index in [2.05, 4.69) is 29.0 Å². The number of anilines is 1. The second kappa shape index (κ2) is 13.0. The first-order chi connectivity index (χ1) is 18.5. The predicted octanol–water partition coefficient (Wildman–Crippen LogP) is 3.99. The molecule has 0 amide bonds. The van der Waals surface area contributed by atoms with E-state index < -0.39 is 36.4 Å². The van der Waals surface area contributed by atoms with Crippen molar-refractivity contribution in [2.75, 3.05) is 18.1 Å². The van der Waals surface area contributed by atoms with Crippen LogP contribution in [0.15, 0.2) is 67.4 Å². The van der Waals surface area contributed by atoms with E-state index in [1.54, 1.807) is 0 Å². The van der Waals surface area contributed by atoms with Gasteiger partial charge in [-0.25, -0.2) is 18.9 Å². The van der Waals surface area contributed by atoms with Crippen molar-refractivity contribution in [3.8, 4) is 5.75 Å². The van der Waals surface area contributed by atoms with Crippen LogP contribution < -0.4 is 5.73 Å². The molecule has 3 aromatic rings. The molecule has 0 bridgehead atoms. The van der Waals surface area contributed by atoms with Crippen molar-refractivity contribution in [3.63, 3.8) is 0 Å². The topological polar surface area (TPSA) is 246 Å². The molecule has 3 rings (SSSR count). The first kappa shape index (κ1) is 28.4. The number of hydrogen-bond acceptors (Lipinski definition) is 17. The third kappa shape index (κ3) is 7.28. The fraction of sp³-hybridized carbons (Fsp3) is 0.111. The van der Waals surface area contributed by atoms with Gasteiger partial charge >= 0.3 is 0 Å². The smallest absolute Gasteiger partial charge is 0.297 e. The molecule has 0 fully saturated rings. The average molecular weight is 613 g/mol. The van der Waals surface area contributed by atoms with Crippen LogP contribution in [0.4, 0.5) is 17.1 Å². The summed E-state index contributed by atoms with van der Waals surface area (Å²) >= 11 is 0.546. The number of phenolic OH excluding ortho intramolecular Hbond substituents is 1. The lowest BCUT2D eigenvalue weighted by atomic mass is 10.1. The third-order valence-corrected chi connectivity index (χ3v) is 8.25. The summed E-state index contributed by atoms with van der Waals surface area (Å²) in [4.78, 5) is -0.905. The monoisotopic (exact) mass is 612 g/mol. The Hall–Kier alpha value is -2.60. The highest BCUT2D eigenvalue weighted by atomic mass is 32.2. The quantitative estimate of drug-likeness (QED) is 0.0328. The van der Waals surface area contributed by atoms with E-state index in [0.717, 1.165) is 12.1 Å². The number of sulfone groups is 1. The molecule has 16 nitrogen and oxygen atoms in total. The number of rotatable bonds is 14. The van der Waals surface area contributed by atoms with E-state index in [0.29, 0.717) is 12.0 Å². The fourth-order valence-corrected chi connectivity index (χ4v) is 5.73. The molecule has 0 saturated carbocycles. The van der Waals surface area contributed by atoms with Gasteiger partial charge in [0.15, 0.2) is 29.3 Å². The zero-order valence-electron chi connectivity index (χ0n) is 19.4. The molecule has 0 aliphatic carbocycles. The standard InChI is InChI=1S/C18H17N3O13S4/c19-14-6-5-12-13(18(14)38(27,28)29)9-15(35-33-31-23)16(17(12)22)21-20-10-1-3-11(4-2-10)37(25,26)8-7-30-36-34-32-24/h1-6,9,22-24H,7-8,19H2,(H,27,28,29)/i/hD. The average Bonchev–Trinajstić information content (AvgIpc) is 2.90. The molecule has 20 heteroatoms. The summed E-state index contributed by atoms with van der Waals surface area (Å²) in [6.07, 6.45) is 0. The van der Waals surface area contributed by atoms with E-state index in [1.165, 1.54) is 30.3 Å². The molecule has 6 N–H and O–H groups in total. The normalized spacial score (nSPS) is 12.8. The van der Waals surface area contributed by atoms with Gasteiger partial charge < -0.3 is 10.8 Å². The number of hydrogen-bond donors (Lipinski definition) is 5. The molecular formula is C18H17N3O13S4. The predicted molar refractivity (Wildman–Crippen MR) is 132 cm³/mol. The molecule has 0 heterocycles. The van der Waals surface area contributed by atoms with Gasteiger partial charge in [-0.15, -0.1) is 13.8 Å². The van der Waals surface area contributed by atoms with Gasteiger partial charge in [-0.05, 0) is 42.5 Å². The van der Waals surface area contributed by atoms with Crippen LogP contribution in [0.5, 0.6) is 5.75 Å². The van der Waals surface area contributed by atoms with Gasteiger partial charge in [0.05, 0.1) is 45.6 Å². The molecule has 0 saturated heterocycles. The summed E-state index contributed by atoms with van der Waals surface area (Å²) in [7, 11) is -8.64. The molecule has 38 heavy (non-hydrogen) atoms. The van der Waals surface area contributed by atoms with Crippen LogP contribution in [0.25, 0.3) is 10.8 Å². The van der Waals surface area contributed by atoms with E-state index in [-0.39, 0.29) is 56.6 Å². The van der Waals surface area contributed by atoms with Crippen LogP contribution >= 0.6 is 24.4 Å². The highest BCUT2D eigenvalue weighted by Crippen LogP contribution is 2.46. The minimum absolute atomic E-state index is 0.0655. The summed E-state index contributed by atoms with van der Waals surface area (Å²) in [6, 6.07) is 8.65. The number of nitrogens with two attached hydrogens (primary N) is 1. The molecule has 0 aliphatic rings. The lowest BCUT2D eigenvalue weighted by Gasteiger charge is -2.12. The highest BCUT2D eigenvalue weighted by Gasteiger charge is 2.23. The number of benzene rings is 3. The Bertz CT molecular complexity index is 1550. The van der Waals surface area contributed by atoms with E-state index in [9.17, 15) is 26.5 Å². The lowest BCUT2D eigenvalue weighted by Crippen LogP contribution is -2.10. The first-order valence-corrected chi connectivity index (χ1v) is 14.2. The molecule has 0 radical (unpaired) electrons. The molecule has 0 unspecified atom stereocenters.